The van der Waals surface area contributed by atoms with Gasteiger partial charge in [-0.05, 0) is 55.2 Å². The van der Waals surface area contributed by atoms with E-state index < -0.39 is 6.10 Å². The maximum atomic E-state index is 12.9. The Balaban J connectivity index is 1.49. The number of benzene rings is 3. The monoisotopic (exact) mass is 386 g/mol. The standard InChI is InChI=1S/C24H22N2O3/c1-16-23(27)26-21-15-19(13-14-22(21)29-16)25-24(28)20-10-6-5-9-18(20)12-11-17-7-3-2-4-8-17/h2-10,13-16H,11-12H2,1H3,(H,25,28)(H,26,27). The Kier molecular flexibility index (Phi) is 5.29. The van der Waals surface area contributed by atoms with Gasteiger partial charge in [0.15, 0.2) is 6.10 Å². The van der Waals surface area contributed by atoms with E-state index in [0.717, 1.165) is 18.4 Å². The second kappa shape index (κ2) is 8.19. The van der Waals surface area contributed by atoms with Crippen molar-refractivity contribution < 1.29 is 14.3 Å². The predicted octanol–water partition coefficient (Wildman–Crippen LogP) is 4.44. The summed E-state index contributed by atoms with van der Waals surface area (Å²) in [5.41, 5.74) is 4.04. The Labute approximate surface area is 169 Å². The van der Waals surface area contributed by atoms with Crippen LogP contribution in [-0.4, -0.2) is 17.9 Å². The highest BCUT2D eigenvalue weighted by Gasteiger charge is 2.23. The van der Waals surface area contributed by atoms with Gasteiger partial charge in [0, 0.05) is 11.3 Å². The molecule has 1 heterocycles. The van der Waals surface area contributed by atoms with E-state index in [9.17, 15) is 9.59 Å². The van der Waals surface area contributed by atoms with Crippen LogP contribution in [0.25, 0.3) is 0 Å². The lowest BCUT2D eigenvalue weighted by Gasteiger charge is -2.23. The van der Waals surface area contributed by atoms with E-state index in [4.69, 9.17) is 4.74 Å². The molecule has 3 aromatic carbocycles. The predicted molar refractivity (Wildman–Crippen MR) is 113 cm³/mol. The molecule has 0 fully saturated rings. The summed E-state index contributed by atoms with van der Waals surface area (Å²) in [6.45, 7) is 1.69. The number of carbonyl (C=O) groups excluding carboxylic acids is 2. The number of hydrogen-bond donors (Lipinski definition) is 2. The Morgan fingerprint density at radius 2 is 1.76 bits per heavy atom. The second-order valence-corrected chi connectivity index (χ2v) is 7.06. The molecule has 0 spiro atoms. The number of anilines is 2. The number of fused-ring (bicyclic) bond motifs is 1. The van der Waals surface area contributed by atoms with Crippen molar-refractivity contribution in [3.8, 4) is 5.75 Å². The summed E-state index contributed by atoms with van der Waals surface area (Å²) in [5.74, 6) is 0.218. The lowest BCUT2D eigenvalue weighted by atomic mass is 9.99. The van der Waals surface area contributed by atoms with Crippen LogP contribution < -0.4 is 15.4 Å². The third kappa shape index (κ3) is 4.29. The summed E-state index contributed by atoms with van der Waals surface area (Å²) in [4.78, 5) is 24.7. The average Bonchev–Trinajstić information content (AvgIpc) is 2.74. The number of rotatable bonds is 5. The lowest BCUT2D eigenvalue weighted by molar-refractivity contribution is -0.122. The third-order valence-corrected chi connectivity index (χ3v) is 4.96. The van der Waals surface area contributed by atoms with Gasteiger partial charge in [-0.15, -0.1) is 0 Å². The first kappa shape index (κ1) is 18.7. The molecule has 1 unspecified atom stereocenters. The highest BCUT2D eigenvalue weighted by Crippen LogP contribution is 2.32. The molecule has 0 bridgehead atoms. The van der Waals surface area contributed by atoms with Crippen LogP contribution in [0.15, 0.2) is 72.8 Å². The smallest absolute Gasteiger partial charge is 0.265 e. The molecule has 0 saturated carbocycles. The van der Waals surface area contributed by atoms with E-state index in [-0.39, 0.29) is 11.8 Å². The van der Waals surface area contributed by atoms with Crippen LogP contribution in [-0.2, 0) is 17.6 Å². The molecule has 0 aliphatic carbocycles. The largest absolute Gasteiger partial charge is 0.479 e. The zero-order valence-electron chi connectivity index (χ0n) is 16.1. The molecule has 1 atom stereocenters. The van der Waals surface area contributed by atoms with E-state index in [1.165, 1.54) is 5.56 Å². The lowest BCUT2D eigenvalue weighted by Crippen LogP contribution is -2.34. The second-order valence-electron chi connectivity index (χ2n) is 7.06. The van der Waals surface area contributed by atoms with Gasteiger partial charge in [-0.25, -0.2) is 0 Å². The molecule has 0 saturated heterocycles. The quantitative estimate of drug-likeness (QED) is 0.681. The van der Waals surface area contributed by atoms with Crippen molar-refractivity contribution in [1.29, 1.82) is 0 Å². The first-order valence-corrected chi connectivity index (χ1v) is 9.65. The van der Waals surface area contributed by atoms with Crippen LogP contribution in [0.3, 0.4) is 0 Å². The maximum Gasteiger partial charge on any atom is 0.265 e. The van der Waals surface area contributed by atoms with Crippen molar-refractivity contribution in [1.82, 2.24) is 0 Å². The van der Waals surface area contributed by atoms with Crippen LogP contribution in [0.4, 0.5) is 11.4 Å². The summed E-state index contributed by atoms with van der Waals surface area (Å²) in [7, 11) is 0. The van der Waals surface area contributed by atoms with Crippen molar-refractivity contribution in [2.75, 3.05) is 10.6 Å². The van der Waals surface area contributed by atoms with Crippen LogP contribution in [0, 0.1) is 0 Å². The van der Waals surface area contributed by atoms with Crippen LogP contribution >= 0.6 is 0 Å². The number of hydrogen-bond acceptors (Lipinski definition) is 3. The fourth-order valence-electron chi connectivity index (χ4n) is 3.37. The molecule has 1 aliphatic heterocycles. The third-order valence-electron chi connectivity index (χ3n) is 4.96. The number of carbonyl (C=O) groups is 2. The molecular weight excluding hydrogens is 364 g/mol. The van der Waals surface area contributed by atoms with Gasteiger partial charge in [0.05, 0.1) is 5.69 Å². The number of ether oxygens (including phenoxy) is 1. The van der Waals surface area contributed by atoms with E-state index in [1.807, 2.05) is 42.5 Å². The minimum atomic E-state index is -0.528. The van der Waals surface area contributed by atoms with Gasteiger partial charge >= 0.3 is 0 Å². The van der Waals surface area contributed by atoms with Crippen molar-refractivity contribution in [2.45, 2.75) is 25.9 Å². The topological polar surface area (TPSA) is 67.4 Å². The molecular formula is C24H22N2O3. The first-order chi connectivity index (χ1) is 14.1. The fraction of sp³-hybridized carbons (Fsp3) is 0.167. The summed E-state index contributed by atoms with van der Waals surface area (Å²) in [6.07, 6.45) is 1.12. The number of nitrogens with one attached hydrogen (secondary N) is 2. The van der Waals surface area contributed by atoms with Crippen LogP contribution in [0.2, 0.25) is 0 Å². The molecule has 146 valence electrons. The molecule has 29 heavy (non-hydrogen) atoms. The Bertz CT molecular complexity index is 1050. The van der Waals surface area contributed by atoms with Gasteiger partial charge < -0.3 is 15.4 Å². The van der Waals surface area contributed by atoms with E-state index in [0.29, 0.717) is 22.7 Å². The summed E-state index contributed by atoms with van der Waals surface area (Å²) < 4.78 is 5.56. The molecule has 5 heteroatoms. The average molecular weight is 386 g/mol. The molecule has 4 rings (SSSR count). The Morgan fingerprint density at radius 3 is 2.59 bits per heavy atom. The van der Waals surface area contributed by atoms with Gasteiger partial charge in [0.1, 0.15) is 5.75 Å². The van der Waals surface area contributed by atoms with Crippen molar-refractivity contribution >= 4 is 23.2 Å². The molecule has 5 nitrogen and oxygen atoms in total. The normalized spacial score (nSPS) is 15.1. The summed E-state index contributed by atoms with van der Waals surface area (Å²) in [5, 5.41) is 5.72. The van der Waals surface area contributed by atoms with Gasteiger partial charge in [0.25, 0.3) is 11.8 Å². The van der Waals surface area contributed by atoms with E-state index in [2.05, 4.69) is 22.8 Å². The van der Waals surface area contributed by atoms with Gasteiger partial charge in [-0.3, -0.25) is 9.59 Å². The Hall–Kier alpha value is -3.60. The molecule has 2 N–H and O–H groups in total. The fourth-order valence-corrected chi connectivity index (χ4v) is 3.37. The summed E-state index contributed by atoms with van der Waals surface area (Å²) in [6, 6.07) is 23.1. The molecule has 1 aliphatic rings. The maximum absolute atomic E-state index is 12.9. The SMILES string of the molecule is CC1Oc2ccc(NC(=O)c3ccccc3CCc3ccccc3)cc2NC1=O. The number of amides is 2. The highest BCUT2D eigenvalue weighted by atomic mass is 16.5. The zero-order valence-corrected chi connectivity index (χ0v) is 16.1. The van der Waals surface area contributed by atoms with Crippen LogP contribution in [0.5, 0.6) is 5.75 Å². The van der Waals surface area contributed by atoms with Crippen molar-refractivity contribution in [2.24, 2.45) is 0 Å². The van der Waals surface area contributed by atoms with Crippen molar-refractivity contribution in [3.63, 3.8) is 0 Å². The Morgan fingerprint density at radius 1 is 1.00 bits per heavy atom. The first-order valence-electron chi connectivity index (χ1n) is 9.65. The molecule has 0 radical (unpaired) electrons. The van der Waals surface area contributed by atoms with Crippen molar-refractivity contribution in [3.05, 3.63) is 89.5 Å². The minimum Gasteiger partial charge on any atom is -0.479 e. The zero-order chi connectivity index (χ0) is 20.2. The highest BCUT2D eigenvalue weighted by molar-refractivity contribution is 6.06. The number of aryl methyl sites for hydroxylation is 2. The van der Waals surface area contributed by atoms with E-state index >= 15 is 0 Å². The van der Waals surface area contributed by atoms with Gasteiger partial charge in [-0.2, -0.15) is 0 Å². The summed E-state index contributed by atoms with van der Waals surface area (Å²) >= 11 is 0. The van der Waals surface area contributed by atoms with Gasteiger partial charge in [-0.1, -0.05) is 48.5 Å². The molecule has 2 amide bonds. The minimum absolute atomic E-state index is 0.176. The molecule has 0 aromatic heterocycles. The molecule has 3 aromatic rings. The van der Waals surface area contributed by atoms with Crippen LogP contribution in [0.1, 0.15) is 28.4 Å². The van der Waals surface area contributed by atoms with E-state index in [1.54, 1.807) is 25.1 Å². The van der Waals surface area contributed by atoms with Gasteiger partial charge in [0.2, 0.25) is 0 Å².